The van der Waals surface area contributed by atoms with Gasteiger partial charge in [0, 0.05) is 5.02 Å². The molecule has 2 N–H and O–H groups in total. The summed E-state index contributed by atoms with van der Waals surface area (Å²) in [7, 11) is 0. The average molecular weight is 186 g/mol. The van der Waals surface area contributed by atoms with Crippen molar-refractivity contribution in [2.45, 2.75) is 13.8 Å². The molecule has 1 amide bonds. The molecule has 0 aliphatic rings. The zero-order valence-electron chi connectivity index (χ0n) is 7.17. The van der Waals surface area contributed by atoms with E-state index in [0.29, 0.717) is 0 Å². The number of hydrogen-bond donors (Lipinski definition) is 1. The van der Waals surface area contributed by atoms with Gasteiger partial charge in [0.25, 0.3) is 0 Å². The highest BCUT2D eigenvalue weighted by molar-refractivity contribution is 6.31. The molecule has 12 heavy (non-hydrogen) atoms. The average Bonchev–Trinajstić information content (AvgIpc) is 1.99. The van der Waals surface area contributed by atoms with E-state index < -0.39 is 0 Å². The van der Waals surface area contributed by atoms with E-state index in [2.05, 4.69) is 11.8 Å². The van der Waals surface area contributed by atoms with Gasteiger partial charge in [0.05, 0.1) is 0 Å². The van der Waals surface area contributed by atoms with Crippen LogP contribution in [0.5, 0.6) is 0 Å². The normalized spacial score (nSPS) is 8.25. The van der Waals surface area contributed by atoms with Crippen LogP contribution in [0.3, 0.4) is 0 Å². The minimum Gasteiger partial charge on any atom is -0.372 e. The summed E-state index contributed by atoms with van der Waals surface area (Å²) in [5.41, 5.74) is 6.52. The van der Waals surface area contributed by atoms with Crippen LogP contribution in [0, 0.1) is 13.8 Å². The molecule has 0 saturated carbocycles. The topological polar surface area (TPSA) is 43.1 Å². The zero-order valence-corrected chi connectivity index (χ0v) is 7.93. The summed E-state index contributed by atoms with van der Waals surface area (Å²) >= 11 is 5.81. The van der Waals surface area contributed by atoms with E-state index in [9.17, 15) is 0 Å². The number of nitrogens with two attached hydrogens (primary N) is 1. The molecule has 66 valence electrons. The molecule has 0 heterocycles. The summed E-state index contributed by atoms with van der Waals surface area (Å²) < 4.78 is 0. The fraction of sp³-hybridized carbons (Fsp3) is 0.222. The van der Waals surface area contributed by atoms with Gasteiger partial charge >= 0.3 is 0 Å². The zero-order chi connectivity index (χ0) is 9.56. The van der Waals surface area contributed by atoms with Crippen LogP contribution in [0.15, 0.2) is 18.2 Å². The van der Waals surface area contributed by atoms with Crippen LogP contribution >= 0.6 is 11.6 Å². The molecule has 0 atom stereocenters. The molecule has 0 aromatic heterocycles. The molecule has 0 aliphatic carbocycles. The Hall–Kier alpha value is -1.02. The summed E-state index contributed by atoms with van der Waals surface area (Å²) in [4.78, 5) is 8.58. The summed E-state index contributed by atoms with van der Waals surface area (Å²) in [5, 5.41) is 0.856. The molecule has 1 aromatic carbocycles. The number of carbonyl (C=O) groups excluding carboxylic acids is 1. The van der Waals surface area contributed by atoms with E-state index in [1.54, 1.807) is 0 Å². The second-order valence-electron chi connectivity index (χ2n) is 2.39. The fourth-order valence-electron chi connectivity index (χ4n) is 0.698. The maximum atomic E-state index is 8.58. The third kappa shape index (κ3) is 3.98. The first kappa shape index (κ1) is 11.0. The van der Waals surface area contributed by atoms with Crippen LogP contribution in [0.4, 0.5) is 0 Å². The molecule has 0 unspecified atom stereocenters. The molecule has 0 saturated heterocycles. The van der Waals surface area contributed by atoms with Gasteiger partial charge in [-0.3, -0.25) is 4.79 Å². The Bertz CT molecular complexity index is 261. The molecule has 0 radical (unpaired) electrons. The first-order chi connectivity index (χ1) is 5.61. The molecule has 1 aromatic rings. The van der Waals surface area contributed by atoms with Crippen LogP contribution < -0.4 is 5.73 Å². The predicted octanol–water partition coefficient (Wildman–Crippen LogP) is 2.06. The monoisotopic (exact) mass is 185 g/mol. The smallest absolute Gasteiger partial charge is 0.204 e. The van der Waals surface area contributed by atoms with E-state index in [1.165, 1.54) is 5.56 Å². The highest BCUT2D eigenvalue weighted by atomic mass is 35.5. The number of amides is 1. The van der Waals surface area contributed by atoms with Crippen molar-refractivity contribution in [2.75, 3.05) is 0 Å². The summed E-state index contributed by atoms with van der Waals surface area (Å²) in [6.07, 6.45) is 0.250. The second kappa shape index (κ2) is 5.61. The van der Waals surface area contributed by atoms with Crippen molar-refractivity contribution in [2.24, 2.45) is 5.73 Å². The van der Waals surface area contributed by atoms with Gasteiger partial charge in [0.2, 0.25) is 6.41 Å². The van der Waals surface area contributed by atoms with Crippen molar-refractivity contribution >= 4 is 18.0 Å². The molecule has 2 nitrogen and oxygen atoms in total. The number of hydrogen-bond acceptors (Lipinski definition) is 1. The molecule has 0 bridgehead atoms. The van der Waals surface area contributed by atoms with Gasteiger partial charge in [-0.25, -0.2) is 0 Å². The maximum absolute atomic E-state index is 8.58. The van der Waals surface area contributed by atoms with Crippen molar-refractivity contribution in [3.05, 3.63) is 34.3 Å². The number of carbonyl (C=O) groups is 1. The largest absolute Gasteiger partial charge is 0.372 e. The molecular weight excluding hydrogens is 174 g/mol. The Morgan fingerprint density at radius 2 is 1.92 bits per heavy atom. The lowest BCUT2D eigenvalue weighted by molar-refractivity contribution is -0.106. The molecule has 3 heteroatoms. The first-order valence-corrected chi connectivity index (χ1v) is 3.87. The van der Waals surface area contributed by atoms with Crippen molar-refractivity contribution in [3.63, 3.8) is 0 Å². The fourth-order valence-corrected chi connectivity index (χ4v) is 0.933. The third-order valence-corrected chi connectivity index (χ3v) is 1.73. The Kier molecular flexibility index (Phi) is 5.13. The quantitative estimate of drug-likeness (QED) is 0.618. The summed E-state index contributed by atoms with van der Waals surface area (Å²) in [6, 6.07) is 6.05. The minimum atomic E-state index is 0.250. The second-order valence-corrected chi connectivity index (χ2v) is 2.80. The standard InChI is InChI=1S/C8H9Cl.CH3NO/c1-6-3-4-7(2)8(9)5-6;2-1-3/h3-5H,1-2H3;1H,(H2,2,3). The Balaban J connectivity index is 0.000000354. The van der Waals surface area contributed by atoms with Gasteiger partial charge in [-0.15, -0.1) is 0 Å². The molecule has 0 spiro atoms. The Labute approximate surface area is 77.3 Å². The number of aryl methyl sites for hydroxylation is 2. The van der Waals surface area contributed by atoms with Gasteiger partial charge in [0.15, 0.2) is 0 Å². The van der Waals surface area contributed by atoms with Crippen molar-refractivity contribution in [3.8, 4) is 0 Å². The number of benzene rings is 1. The molecule has 0 aliphatic heterocycles. The minimum absolute atomic E-state index is 0.250. The summed E-state index contributed by atoms with van der Waals surface area (Å²) in [6.45, 7) is 4.03. The van der Waals surface area contributed by atoms with Crippen LogP contribution in [-0.2, 0) is 4.79 Å². The van der Waals surface area contributed by atoms with E-state index in [4.69, 9.17) is 16.4 Å². The molecule has 1 rings (SSSR count). The van der Waals surface area contributed by atoms with Crippen LogP contribution in [0.2, 0.25) is 5.02 Å². The van der Waals surface area contributed by atoms with E-state index in [0.717, 1.165) is 10.6 Å². The van der Waals surface area contributed by atoms with Crippen molar-refractivity contribution in [1.82, 2.24) is 0 Å². The highest BCUT2D eigenvalue weighted by Gasteiger charge is 1.91. The van der Waals surface area contributed by atoms with Crippen molar-refractivity contribution < 1.29 is 4.79 Å². The SMILES string of the molecule is Cc1ccc(C)c(Cl)c1.NC=O. The number of primary amides is 1. The van der Waals surface area contributed by atoms with E-state index in [1.807, 2.05) is 26.0 Å². The third-order valence-electron chi connectivity index (χ3n) is 1.33. The van der Waals surface area contributed by atoms with E-state index in [-0.39, 0.29) is 6.41 Å². The molecule has 0 fully saturated rings. The summed E-state index contributed by atoms with van der Waals surface area (Å²) in [5.74, 6) is 0. The maximum Gasteiger partial charge on any atom is 0.204 e. The number of halogens is 1. The van der Waals surface area contributed by atoms with Gasteiger partial charge < -0.3 is 5.73 Å². The van der Waals surface area contributed by atoms with Gasteiger partial charge in [-0.2, -0.15) is 0 Å². The lowest BCUT2D eigenvalue weighted by atomic mass is 10.2. The van der Waals surface area contributed by atoms with Crippen molar-refractivity contribution in [1.29, 1.82) is 0 Å². The Morgan fingerprint density at radius 3 is 2.25 bits per heavy atom. The van der Waals surface area contributed by atoms with Gasteiger partial charge in [0.1, 0.15) is 0 Å². The predicted molar refractivity (Wildman–Crippen MR) is 51.2 cm³/mol. The highest BCUT2D eigenvalue weighted by Crippen LogP contribution is 2.15. The van der Waals surface area contributed by atoms with Crippen LogP contribution in [0.1, 0.15) is 11.1 Å². The van der Waals surface area contributed by atoms with Gasteiger partial charge in [-0.1, -0.05) is 23.7 Å². The first-order valence-electron chi connectivity index (χ1n) is 3.50. The van der Waals surface area contributed by atoms with E-state index >= 15 is 0 Å². The lowest BCUT2D eigenvalue weighted by Gasteiger charge is -1.96. The van der Waals surface area contributed by atoms with Crippen LogP contribution in [0.25, 0.3) is 0 Å². The number of rotatable bonds is 0. The lowest BCUT2D eigenvalue weighted by Crippen LogP contribution is -1.82. The molecular formula is C9H12ClNO. The van der Waals surface area contributed by atoms with Crippen LogP contribution in [-0.4, -0.2) is 6.41 Å². The van der Waals surface area contributed by atoms with Gasteiger partial charge in [-0.05, 0) is 31.0 Å². The Morgan fingerprint density at radius 1 is 1.42 bits per heavy atom.